The second-order valence-corrected chi connectivity index (χ2v) is 4.95. The molecule has 2 heteroatoms. The number of nitrogens with zero attached hydrogens (tertiary/aromatic N) is 1. The monoisotopic (exact) mass is 230 g/mol. The fourth-order valence-corrected chi connectivity index (χ4v) is 2.77. The average molecular weight is 230 g/mol. The van der Waals surface area contributed by atoms with Gasteiger partial charge in [-0.15, -0.1) is 0 Å². The van der Waals surface area contributed by atoms with E-state index >= 15 is 0 Å². The molecule has 0 fully saturated rings. The summed E-state index contributed by atoms with van der Waals surface area (Å²) in [5, 5.41) is 4.67. The summed E-state index contributed by atoms with van der Waals surface area (Å²) in [4.78, 5) is 0. The quantitative estimate of drug-likeness (QED) is 0.858. The third kappa shape index (κ3) is 1.98. The Morgan fingerprint density at radius 3 is 2.53 bits per heavy atom. The molecular formula is C15H22N2. The molecule has 0 atom stereocenters. The molecule has 0 spiro atoms. The minimum absolute atomic E-state index is 1.03. The predicted octanol–water partition coefficient (Wildman–Crippen LogP) is 2.87. The van der Waals surface area contributed by atoms with Gasteiger partial charge in [-0.2, -0.15) is 0 Å². The lowest BCUT2D eigenvalue weighted by Crippen LogP contribution is -2.10. The third-order valence-electron chi connectivity index (χ3n) is 3.67. The summed E-state index contributed by atoms with van der Waals surface area (Å²) in [5.41, 5.74) is 7.00. The minimum atomic E-state index is 1.03. The van der Waals surface area contributed by atoms with Gasteiger partial charge in [0.05, 0.1) is 5.52 Å². The molecule has 0 bridgehead atoms. The Morgan fingerprint density at radius 1 is 1.18 bits per heavy atom. The lowest BCUT2D eigenvalue weighted by atomic mass is 10.0. The zero-order valence-electron chi connectivity index (χ0n) is 11.5. The smallest absolute Gasteiger partial charge is 0.0512 e. The highest BCUT2D eigenvalue weighted by Gasteiger charge is 2.13. The Kier molecular flexibility index (Phi) is 3.25. The van der Waals surface area contributed by atoms with Crippen LogP contribution in [0.15, 0.2) is 12.1 Å². The summed E-state index contributed by atoms with van der Waals surface area (Å²) < 4.78 is 2.33. The van der Waals surface area contributed by atoms with Crippen LogP contribution in [0.5, 0.6) is 0 Å². The number of aryl methyl sites for hydroxylation is 3. The molecule has 0 unspecified atom stereocenters. The van der Waals surface area contributed by atoms with E-state index in [4.69, 9.17) is 0 Å². The second-order valence-electron chi connectivity index (χ2n) is 4.95. The van der Waals surface area contributed by atoms with E-state index in [1.54, 1.807) is 0 Å². The van der Waals surface area contributed by atoms with Crippen LogP contribution in [0.25, 0.3) is 10.9 Å². The van der Waals surface area contributed by atoms with E-state index in [-0.39, 0.29) is 0 Å². The van der Waals surface area contributed by atoms with Gasteiger partial charge < -0.3 is 9.88 Å². The zero-order chi connectivity index (χ0) is 12.6. The van der Waals surface area contributed by atoms with Crippen molar-refractivity contribution in [3.8, 4) is 0 Å². The predicted molar refractivity (Wildman–Crippen MR) is 74.8 cm³/mol. The van der Waals surface area contributed by atoms with Crippen LogP contribution in [0, 0.1) is 20.8 Å². The number of benzene rings is 1. The SMILES string of the molecule is CNCCc1c(C)n(C)c2c(C)cc(C)cc12. The van der Waals surface area contributed by atoms with Gasteiger partial charge in [0.25, 0.3) is 0 Å². The van der Waals surface area contributed by atoms with Gasteiger partial charge in [0.2, 0.25) is 0 Å². The lowest BCUT2D eigenvalue weighted by Gasteiger charge is -2.03. The largest absolute Gasteiger partial charge is 0.347 e. The van der Waals surface area contributed by atoms with Gasteiger partial charge in [0.1, 0.15) is 0 Å². The number of nitrogens with one attached hydrogen (secondary N) is 1. The summed E-state index contributed by atoms with van der Waals surface area (Å²) in [5.74, 6) is 0. The van der Waals surface area contributed by atoms with Crippen LogP contribution in [0.3, 0.4) is 0 Å². The summed E-state index contributed by atoms with van der Waals surface area (Å²) >= 11 is 0. The van der Waals surface area contributed by atoms with Crippen molar-refractivity contribution in [2.45, 2.75) is 27.2 Å². The first kappa shape index (κ1) is 12.2. The topological polar surface area (TPSA) is 17.0 Å². The van der Waals surface area contributed by atoms with Crippen LogP contribution in [0.4, 0.5) is 0 Å². The van der Waals surface area contributed by atoms with Crippen molar-refractivity contribution < 1.29 is 0 Å². The normalized spacial score (nSPS) is 11.4. The first-order valence-corrected chi connectivity index (χ1v) is 6.26. The molecule has 2 nitrogen and oxygen atoms in total. The van der Waals surface area contributed by atoms with Gasteiger partial charge in [-0.1, -0.05) is 11.6 Å². The van der Waals surface area contributed by atoms with E-state index in [9.17, 15) is 0 Å². The molecule has 92 valence electrons. The van der Waals surface area contributed by atoms with Crippen molar-refractivity contribution >= 4 is 10.9 Å². The first-order chi connectivity index (χ1) is 8.06. The molecule has 0 aliphatic carbocycles. The number of aromatic nitrogens is 1. The molecular weight excluding hydrogens is 208 g/mol. The number of hydrogen-bond acceptors (Lipinski definition) is 1. The van der Waals surface area contributed by atoms with Crippen molar-refractivity contribution in [1.82, 2.24) is 9.88 Å². The molecule has 0 saturated carbocycles. The van der Waals surface area contributed by atoms with Gasteiger partial charge in [-0.25, -0.2) is 0 Å². The molecule has 0 saturated heterocycles. The van der Waals surface area contributed by atoms with Crippen molar-refractivity contribution in [3.63, 3.8) is 0 Å². The van der Waals surface area contributed by atoms with E-state index in [0.29, 0.717) is 0 Å². The van der Waals surface area contributed by atoms with Gasteiger partial charge >= 0.3 is 0 Å². The highest BCUT2D eigenvalue weighted by Crippen LogP contribution is 2.28. The molecule has 1 aromatic carbocycles. The highest BCUT2D eigenvalue weighted by molar-refractivity contribution is 5.88. The van der Waals surface area contributed by atoms with Crippen LogP contribution < -0.4 is 5.32 Å². The maximum absolute atomic E-state index is 3.24. The lowest BCUT2D eigenvalue weighted by molar-refractivity contribution is 0.783. The van der Waals surface area contributed by atoms with E-state index < -0.39 is 0 Å². The fourth-order valence-electron chi connectivity index (χ4n) is 2.77. The fraction of sp³-hybridized carbons (Fsp3) is 0.467. The number of fused-ring (bicyclic) bond motifs is 1. The maximum atomic E-state index is 3.24. The first-order valence-electron chi connectivity index (χ1n) is 6.26. The van der Waals surface area contributed by atoms with Crippen LogP contribution in [0.2, 0.25) is 0 Å². The molecule has 1 aromatic heterocycles. The Hall–Kier alpha value is -1.28. The van der Waals surface area contributed by atoms with E-state index in [1.165, 1.54) is 33.3 Å². The standard InChI is InChI=1S/C15H22N2/c1-10-8-11(2)15-14(9-10)13(6-7-16-4)12(3)17(15)5/h8-9,16H,6-7H2,1-5H3. The van der Waals surface area contributed by atoms with Gasteiger partial charge in [-0.3, -0.25) is 0 Å². The Balaban J connectivity index is 2.70. The van der Waals surface area contributed by atoms with E-state index in [0.717, 1.165) is 13.0 Å². The zero-order valence-corrected chi connectivity index (χ0v) is 11.5. The van der Waals surface area contributed by atoms with Gasteiger partial charge in [-0.05, 0) is 58.0 Å². The summed E-state index contributed by atoms with van der Waals surface area (Å²) in [6.45, 7) is 7.64. The molecule has 1 heterocycles. The van der Waals surface area contributed by atoms with Crippen LogP contribution in [-0.4, -0.2) is 18.2 Å². The average Bonchev–Trinajstić information content (AvgIpc) is 2.49. The Morgan fingerprint density at radius 2 is 1.88 bits per heavy atom. The molecule has 2 aromatic rings. The molecule has 0 radical (unpaired) electrons. The van der Waals surface area contributed by atoms with Crippen molar-refractivity contribution in [3.05, 3.63) is 34.5 Å². The summed E-state index contributed by atoms with van der Waals surface area (Å²) in [6.07, 6.45) is 1.10. The van der Waals surface area contributed by atoms with Crippen LogP contribution in [-0.2, 0) is 13.5 Å². The maximum Gasteiger partial charge on any atom is 0.0512 e. The summed E-state index contributed by atoms with van der Waals surface area (Å²) in [6, 6.07) is 4.59. The molecule has 17 heavy (non-hydrogen) atoms. The van der Waals surface area contributed by atoms with Crippen molar-refractivity contribution in [2.75, 3.05) is 13.6 Å². The molecule has 0 aliphatic rings. The van der Waals surface area contributed by atoms with Gasteiger partial charge in [0.15, 0.2) is 0 Å². The molecule has 1 N–H and O–H groups in total. The summed E-state index contributed by atoms with van der Waals surface area (Å²) in [7, 11) is 4.18. The Bertz CT molecular complexity index is 550. The molecule has 0 aliphatic heterocycles. The van der Waals surface area contributed by atoms with Crippen molar-refractivity contribution in [2.24, 2.45) is 7.05 Å². The number of likely N-dealkylation sites (N-methyl/N-ethyl adjacent to an activating group) is 1. The minimum Gasteiger partial charge on any atom is -0.347 e. The van der Waals surface area contributed by atoms with Crippen LogP contribution in [0.1, 0.15) is 22.4 Å². The molecule has 2 rings (SSSR count). The van der Waals surface area contributed by atoms with Crippen molar-refractivity contribution in [1.29, 1.82) is 0 Å². The van der Waals surface area contributed by atoms with E-state index in [2.05, 4.69) is 49.8 Å². The number of rotatable bonds is 3. The van der Waals surface area contributed by atoms with Gasteiger partial charge in [0, 0.05) is 18.1 Å². The second kappa shape index (κ2) is 4.53. The third-order valence-corrected chi connectivity index (χ3v) is 3.67. The van der Waals surface area contributed by atoms with Crippen LogP contribution >= 0.6 is 0 Å². The molecule has 0 amide bonds. The number of hydrogen-bond donors (Lipinski definition) is 1. The highest BCUT2D eigenvalue weighted by atomic mass is 14.9. The van der Waals surface area contributed by atoms with E-state index in [1.807, 2.05) is 7.05 Å². The Labute approximate surface area is 104 Å².